The van der Waals surface area contributed by atoms with E-state index in [4.69, 9.17) is 11.6 Å². The highest BCUT2D eigenvalue weighted by atomic mass is 35.5. The second kappa shape index (κ2) is 6.66. The molecule has 7 nitrogen and oxygen atoms in total. The maximum atomic E-state index is 12.5. The van der Waals surface area contributed by atoms with Crippen LogP contribution >= 0.6 is 23.3 Å². The Balaban J connectivity index is 1.80. The normalized spacial score (nSPS) is 10.8. The maximum Gasteiger partial charge on any atom is 0.278 e. The first kappa shape index (κ1) is 16.5. The van der Waals surface area contributed by atoms with Crippen molar-refractivity contribution < 1.29 is 4.79 Å². The first-order valence-electron chi connectivity index (χ1n) is 7.21. The Bertz CT molecular complexity index is 903. The molecule has 24 heavy (non-hydrogen) atoms. The highest BCUT2D eigenvalue weighted by Gasteiger charge is 2.18. The molecule has 0 unspecified atom stereocenters. The molecule has 1 amide bonds. The molecule has 0 radical (unpaired) electrons. The van der Waals surface area contributed by atoms with E-state index in [1.165, 1.54) is 0 Å². The van der Waals surface area contributed by atoms with Gasteiger partial charge in [-0.1, -0.05) is 16.8 Å². The van der Waals surface area contributed by atoms with Crippen LogP contribution in [0.25, 0.3) is 0 Å². The molecule has 3 rings (SSSR count). The quantitative estimate of drug-likeness (QED) is 0.771. The summed E-state index contributed by atoms with van der Waals surface area (Å²) in [6, 6.07) is 5.28. The van der Waals surface area contributed by atoms with Gasteiger partial charge in [-0.3, -0.25) is 4.79 Å². The highest BCUT2D eigenvalue weighted by molar-refractivity contribution is 6.99. The van der Waals surface area contributed by atoms with Crippen LogP contribution in [-0.2, 0) is 6.54 Å². The van der Waals surface area contributed by atoms with Gasteiger partial charge in [0.1, 0.15) is 0 Å². The van der Waals surface area contributed by atoms with Gasteiger partial charge in [0.25, 0.3) is 5.91 Å². The molecule has 0 atom stereocenters. The number of nitrogens with one attached hydrogen (secondary N) is 1. The lowest BCUT2D eigenvalue weighted by atomic mass is 10.2. The smallest absolute Gasteiger partial charge is 0.278 e. The summed E-state index contributed by atoms with van der Waals surface area (Å²) in [6.07, 6.45) is 0. The second-order valence-corrected chi connectivity index (χ2v) is 6.36. The Labute approximate surface area is 148 Å². The zero-order valence-electron chi connectivity index (χ0n) is 13.4. The fourth-order valence-electron chi connectivity index (χ4n) is 2.20. The number of hydrogen-bond acceptors (Lipinski definition) is 6. The second-order valence-electron chi connectivity index (χ2n) is 5.39. The number of aryl methyl sites for hydroxylation is 2. The average Bonchev–Trinajstić information content (AvgIpc) is 3.10. The van der Waals surface area contributed by atoms with Crippen LogP contribution < -0.4 is 5.32 Å². The Morgan fingerprint density at radius 1 is 1.29 bits per heavy atom. The van der Waals surface area contributed by atoms with Crippen molar-refractivity contribution in [2.45, 2.75) is 27.3 Å². The molecular formula is C15H15ClN6OS. The summed E-state index contributed by atoms with van der Waals surface area (Å²) < 4.78 is 10.0. The molecule has 9 heteroatoms. The molecule has 0 aliphatic carbocycles. The zero-order chi connectivity index (χ0) is 17.3. The maximum absolute atomic E-state index is 12.5. The number of rotatable bonds is 4. The molecule has 0 bridgehead atoms. The lowest BCUT2D eigenvalue weighted by molar-refractivity contribution is 0.102. The van der Waals surface area contributed by atoms with Crippen molar-refractivity contribution in [1.29, 1.82) is 0 Å². The van der Waals surface area contributed by atoms with Gasteiger partial charge in [0.05, 0.1) is 35.4 Å². The predicted molar refractivity (Wildman–Crippen MR) is 92.6 cm³/mol. The van der Waals surface area contributed by atoms with Gasteiger partial charge in [0.15, 0.2) is 5.69 Å². The van der Waals surface area contributed by atoms with Crippen molar-refractivity contribution in [2.75, 3.05) is 5.32 Å². The molecule has 0 aliphatic rings. The molecule has 0 saturated carbocycles. The van der Waals surface area contributed by atoms with E-state index >= 15 is 0 Å². The fraction of sp³-hybridized carbons (Fsp3) is 0.267. The number of halogens is 1. The minimum absolute atomic E-state index is 0.283. The van der Waals surface area contributed by atoms with Crippen molar-refractivity contribution in [3.05, 3.63) is 51.6 Å². The van der Waals surface area contributed by atoms with E-state index in [9.17, 15) is 4.79 Å². The molecule has 1 N–H and O–H groups in total. The van der Waals surface area contributed by atoms with E-state index in [2.05, 4.69) is 24.4 Å². The topological polar surface area (TPSA) is 85.6 Å². The summed E-state index contributed by atoms with van der Waals surface area (Å²) in [5.74, 6) is -0.308. The zero-order valence-corrected chi connectivity index (χ0v) is 14.9. The molecule has 124 valence electrons. The van der Waals surface area contributed by atoms with Gasteiger partial charge in [0.2, 0.25) is 0 Å². The van der Waals surface area contributed by atoms with Gasteiger partial charge in [-0.05, 0) is 44.5 Å². The first-order valence-corrected chi connectivity index (χ1v) is 8.32. The van der Waals surface area contributed by atoms with E-state index in [1.54, 1.807) is 29.8 Å². The van der Waals surface area contributed by atoms with Gasteiger partial charge in [0, 0.05) is 10.7 Å². The number of nitrogens with zero attached hydrogens (tertiary/aromatic N) is 5. The standard InChI is InChI=1S/C15H15ClN6OS/c1-8-6-11(16)4-5-12(8)17-15(23)14-10(3)22(21-18-14)7-13-9(2)19-24-20-13/h4-6H,7H2,1-3H3,(H,17,23). The molecule has 0 spiro atoms. The van der Waals surface area contributed by atoms with Gasteiger partial charge >= 0.3 is 0 Å². The minimum atomic E-state index is -0.308. The molecule has 3 aromatic rings. The van der Waals surface area contributed by atoms with Gasteiger partial charge in [-0.2, -0.15) is 8.75 Å². The van der Waals surface area contributed by atoms with Crippen molar-refractivity contribution in [3.8, 4) is 0 Å². The number of carbonyl (C=O) groups is 1. The van der Waals surface area contributed by atoms with Crippen LogP contribution in [0.2, 0.25) is 5.02 Å². The third-order valence-electron chi connectivity index (χ3n) is 3.68. The van der Waals surface area contributed by atoms with Gasteiger partial charge in [-0.15, -0.1) is 5.10 Å². The third kappa shape index (κ3) is 3.29. The SMILES string of the molecule is Cc1cc(Cl)ccc1NC(=O)c1nnn(Cc2nsnc2C)c1C. The largest absolute Gasteiger partial charge is 0.320 e. The fourth-order valence-corrected chi connectivity index (χ4v) is 2.99. The first-order chi connectivity index (χ1) is 11.5. The Morgan fingerprint density at radius 3 is 2.75 bits per heavy atom. The molecular weight excluding hydrogens is 348 g/mol. The molecule has 0 saturated heterocycles. The number of benzene rings is 1. The number of hydrogen-bond donors (Lipinski definition) is 1. The van der Waals surface area contributed by atoms with E-state index in [0.29, 0.717) is 22.9 Å². The molecule has 0 aliphatic heterocycles. The lowest BCUT2D eigenvalue weighted by Gasteiger charge is -2.08. The van der Waals surface area contributed by atoms with E-state index in [0.717, 1.165) is 28.7 Å². The Morgan fingerprint density at radius 2 is 2.08 bits per heavy atom. The number of aromatic nitrogens is 5. The summed E-state index contributed by atoms with van der Waals surface area (Å²) in [7, 11) is 0. The van der Waals surface area contributed by atoms with Crippen molar-refractivity contribution in [3.63, 3.8) is 0 Å². The molecule has 2 heterocycles. The Kier molecular flexibility index (Phi) is 4.59. The third-order valence-corrected chi connectivity index (χ3v) is 4.57. The summed E-state index contributed by atoms with van der Waals surface area (Å²) in [6.45, 7) is 6.01. The van der Waals surface area contributed by atoms with Crippen LogP contribution in [0.5, 0.6) is 0 Å². The van der Waals surface area contributed by atoms with Crippen LogP contribution in [0, 0.1) is 20.8 Å². The summed E-state index contributed by atoms with van der Waals surface area (Å²) >= 11 is 7.09. The average molecular weight is 363 g/mol. The van der Waals surface area contributed by atoms with E-state index in [1.807, 2.05) is 13.8 Å². The predicted octanol–water partition coefficient (Wildman–Crippen LogP) is 3.01. The molecule has 2 aromatic heterocycles. The van der Waals surface area contributed by atoms with Crippen LogP contribution in [-0.4, -0.2) is 29.6 Å². The van der Waals surface area contributed by atoms with Crippen LogP contribution in [0.15, 0.2) is 18.2 Å². The molecule has 0 fully saturated rings. The number of anilines is 1. The van der Waals surface area contributed by atoms with E-state index in [-0.39, 0.29) is 11.6 Å². The van der Waals surface area contributed by atoms with E-state index < -0.39 is 0 Å². The van der Waals surface area contributed by atoms with Crippen molar-refractivity contribution in [1.82, 2.24) is 23.7 Å². The van der Waals surface area contributed by atoms with Crippen molar-refractivity contribution in [2.24, 2.45) is 0 Å². The van der Waals surface area contributed by atoms with Crippen LogP contribution in [0.3, 0.4) is 0 Å². The van der Waals surface area contributed by atoms with Gasteiger partial charge < -0.3 is 5.32 Å². The number of amides is 1. The van der Waals surface area contributed by atoms with Crippen molar-refractivity contribution >= 4 is 34.9 Å². The summed E-state index contributed by atoms with van der Waals surface area (Å²) in [5.41, 5.74) is 4.21. The summed E-state index contributed by atoms with van der Waals surface area (Å²) in [4.78, 5) is 12.5. The summed E-state index contributed by atoms with van der Waals surface area (Å²) in [5, 5.41) is 11.5. The van der Waals surface area contributed by atoms with Gasteiger partial charge in [-0.25, -0.2) is 4.68 Å². The van der Waals surface area contributed by atoms with Crippen LogP contribution in [0.4, 0.5) is 5.69 Å². The minimum Gasteiger partial charge on any atom is -0.320 e. The monoisotopic (exact) mass is 362 g/mol. The van der Waals surface area contributed by atoms with Crippen LogP contribution in [0.1, 0.15) is 33.1 Å². The number of carbonyl (C=O) groups excluding carboxylic acids is 1. The lowest BCUT2D eigenvalue weighted by Crippen LogP contribution is -2.15. The highest BCUT2D eigenvalue weighted by Crippen LogP contribution is 2.20. The molecule has 1 aromatic carbocycles. The Hall–Kier alpha value is -2.32.